The molecule has 2 amide bonds. The Bertz CT molecular complexity index is 599. The molecule has 4 N–H and O–H groups in total. The summed E-state index contributed by atoms with van der Waals surface area (Å²) in [6.07, 6.45) is 1.90. The minimum atomic E-state index is -0.0904. The summed E-state index contributed by atoms with van der Waals surface area (Å²) >= 11 is 0. The summed E-state index contributed by atoms with van der Waals surface area (Å²) in [5.41, 5.74) is 1.17. The first kappa shape index (κ1) is 22.7. The first-order valence-corrected chi connectivity index (χ1v) is 11.2. The molecule has 0 saturated carbocycles. The molecular formula is C22H36N4O4+2. The van der Waals surface area contributed by atoms with Crippen molar-refractivity contribution in [3.8, 4) is 0 Å². The first-order chi connectivity index (χ1) is 14.7. The van der Waals surface area contributed by atoms with Crippen molar-refractivity contribution in [1.29, 1.82) is 0 Å². The molecule has 2 aliphatic heterocycles. The van der Waals surface area contributed by atoms with Crippen LogP contribution < -0.4 is 20.4 Å². The topological polar surface area (TPSA) is 85.5 Å². The van der Waals surface area contributed by atoms with Crippen molar-refractivity contribution in [3.05, 3.63) is 35.4 Å². The third-order valence-electron chi connectivity index (χ3n) is 5.79. The highest BCUT2D eigenvalue weighted by atomic mass is 16.5. The van der Waals surface area contributed by atoms with Gasteiger partial charge in [0.15, 0.2) is 0 Å². The fraction of sp³-hybridized carbons (Fsp3) is 0.636. The van der Waals surface area contributed by atoms with E-state index in [4.69, 9.17) is 9.47 Å². The van der Waals surface area contributed by atoms with Gasteiger partial charge in [0, 0.05) is 37.1 Å². The van der Waals surface area contributed by atoms with Crippen LogP contribution in [0.25, 0.3) is 0 Å². The zero-order valence-electron chi connectivity index (χ0n) is 17.8. The number of hydrogen-bond donors (Lipinski definition) is 4. The molecule has 1 aromatic rings. The number of quaternary nitrogens is 2. The highest BCUT2D eigenvalue weighted by molar-refractivity contribution is 5.97. The van der Waals surface area contributed by atoms with Crippen LogP contribution in [-0.4, -0.2) is 90.6 Å². The minimum Gasteiger partial charge on any atom is -0.370 e. The van der Waals surface area contributed by atoms with Crippen LogP contribution in [-0.2, 0) is 9.47 Å². The molecule has 3 rings (SSSR count). The number of hydrogen-bond acceptors (Lipinski definition) is 4. The zero-order chi connectivity index (χ0) is 21.0. The van der Waals surface area contributed by atoms with Crippen LogP contribution in [0.3, 0.4) is 0 Å². The van der Waals surface area contributed by atoms with Crippen LogP contribution in [0.15, 0.2) is 24.3 Å². The summed E-state index contributed by atoms with van der Waals surface area (Å²) in [5.74, 6) is -0.181. The molecule has 30 heavy (non-hydrogen) atoms. The second-order valence-electron chi connectivity index (χ2n) is 8.02. The van der Waals surface area contributed by atoms with E-state index in [1.807, 2.05) is 0 Å². The normalized spacial score (nSPS) is 18.1. The molecule has 0 atom stereocenters. The molecule has 8 nitrogen and oxygen atoms in total. The Balaban J connectivity index is 1.30. The van der Waals surface area contributed by atoms with E-state index in [0.717, 1.165) is 78.5 Å². The number of carbonyl (C=O) groups is 2. The SMILES string of the molecule is O=C(NCCC[NH+]1CCOCC1)c1ccc(C(=O)NCCC[NH+]2CCOCC2)cc1. The minimum absolute atomic E-state index is 0.0904. The Hall–Kier alpha value is -2.00. The molecule has 0 aromatic heterocycles. The quantitative estimate of drug-likeness (QED) is 0.323. The van der Waals surface area contributed by atoms with Crippen molar-refractivity contribution in [1.82, 2.24) is 10.6 Å². The van der Waals surface area contributed by atoms with E-state index < -0.39 is 0 Å². The molecule has 2 fully saturated rings. The van der Waals surface area contributed by atoms with E-state index in [-0.39, 0.29) is 11.8 Å². The lowest BCUT2D eigenvalue weighted by atomic mass is 10.1. The van der Waals surface area contributed by atoms with Gasteiger partial charge in [0.1, 0.15) is 26.2 Å². The predicted octanol–water partition coefficient (Wildman–Crippen LogP) is -2.24. The van der Waals surface area contributed by atoms with Crippen LogP contribution in [0.2, 0.25) is 0 Å². The van der Waals surface area contributed by atoms with Crippen molar-refractivity contribution < 1.29 is 28.9 Å². The maximum absolute atomic E-state index is 12.3. The Kier molecular flexibility index (Phi) is 9.56. The maximum Gasteiger partial charge on any atom is 0.251 e. The number of rotatable bonds is 10. The fourth-order valence-corrected chi connectivity index (χ4v) is 3.88. The molecular weight excluding hydrogens is 384 g/mol. The Labute approximate surface area is 178 Å². The van der Waals surface area contributed by atoms with E-state index in [0.29, 0.717) is 24.2 Å². The number of nitrogens with one attached hydrogen (secondary N) is 4. The molecule has 0 spiro atoms. The third kappa shape index (κ3) is 7.68. The average molecular weight is 421 g/mol. The largest absolute Gasteiger partial charge is 0.370 e. The van der Waals surface area contributed by atoms with Crippen LogP contribution >= 0.6 is 0 Å². The molecule has 2 saturated heterocycles. The fourth-order valence-electron chi connectivity index (χ4n) is 3.88. The van der Waals surface area contributed by atoms with Gasteiger partial charge in [-0.2, -0.15) is 0 Å². The van der Waals surface area contributed by atoms with Crippen molar-refractivity contribution in [2.45, 2.75) is 12.8 Å². The lowest BCUT2D eigenvalue weighted by Gasteiger charge is -2.23. The number of carbonyl (C=O) groups excluding carboxylic acids is 2. The number of amides is 2. The standard InChI is InChI=1S/C22H34N4O4/c27-21(23-7-1-9-25-11-15-29-16-12-25)19-3-5-20(6-4-19)22(28)24-8-2-10-26-13-17-30-18-14-26/h3-6H,1-2,7-18H2,(H,23,27)(H,24,28)/p+2. The number of ether oxygens (including phenoxy) is 2. The predicted molar refractivity (Wildman–Crippen MR) is 113 cm³/mol. The summed E-state index contributed by atoms with van der Waals surface area (Å²) in [5, 5.41) is 5.93. The maximum atomic E-state index is 12.3. The number of morpholine rings is 2. The molecule has 2 aliphatic rings. The van der Waals surface area contributed by atoms with E-state index in [1.165, 1.54) is 9.80 Å². The molecule has 0 radical (unpaired) electrons. The van der Waals surface area contributed by atoms with Gasteiger partial charge in [-0.25, -0.2) is 0 Å². The Morgan fingerprint density at radius 1 is 0.700 bits per heavy atom. The van der Waals surface area contributed by atoms with Crippen LogP contribution in [0.5, 0.6) is 0 Å². The van der Waals surface area contributed by atoms with Gasteiger partial charge in [0.2, 0.25) is 0 Å². The van der Waals surface area contributed by atoms with Gasteiger partial charge < -0.3 is 29.9 Å². The Morgan fingerprint density at radius 3 is 1.43 bits per heavy atom. The van der Waals surface area contributed by atoms with E-state index in [1.54, 1.807) is 24.3 Å². The van der Waals surface area contributed by atoms with Crippen molar-refractivity contribution in [2.75, 3.05) is 78.8 Å². The van der Waals surface area contributed by atoms with E-state index in [2.05, 4.69) is 10.6 Å². The molecule has 1 aromatic carbocycles. The molecule has 2 heterocycles. The van der Waals surface area contributed by atoms with Gasteiger partial charge in [0.05, 0.1) is 39.5 Å². The summed E-state index contributed by atoms with van der Waals surface area (Å²) in [6.45, 7) is 10.9. The third-order valence-corrected chi connectivity index (χ3v) is 5.79. The van der Waals surface area contributed by atoms with Gasteiger partial charge in [0.25, 0.3) is 11.8 Å². The summed E-state index contributed by atoms with van der Waals surface area (Å²) in [7, 11) is 0. The summed E-state index contributed by atoms with van der Waals surface area (Å²) < 4.78 is 10.7. The molecule has 166 valence electrons. The lowest BCUT2D eigenvalue weighted by molar-refractivity contribution is -0.908. The Morgan fingerprint density at radius 2 is 1.07 bits per heavy atom. The molecule has 8 heteroatoms. The van der Waals surface area contributed by atoms with Gasteiger partial charge in [-0.15, -0.1) is 0 Å². The second-order valence-corrected chi connectivity index (χ2v) is 8.02. The van der Waals surface area contributed by atoms with E-state index in [9.17, 15) is 9.59 Å². The van der Waals surface area contributed by atoms with Crippen molar-refractivity contribution in [2.24, 2.45) is 0 Å². The smallest absolute Gasteiger partial charge is 0.251 e. The molecule has 0 aliphatic carbocycles. The highest BCUT2D eigenvalue weighted by Gasteiger charge is 2.15. The van der Waals surface area contributed by atoms with Crippen LogP contribution in [0.1, 0.15) is 33.6 Å². The summed E-state index contributed by atoms with van der Waals surface area (Å²) in [4.78, 5) is 27.7. The first-order valence-electron chi connectivity index (χ1n) is 11.2. The zero-order valence-corrected chi connectivity index (χ0v) is 17.8. The second kappa shape index (κ2) is 12.6. The lowest BCUT2D eigenvalue weighted by Crippen LogP contribution is -3.14. The van der Waals surface area contributed by atoms with Crippen LogP contribution in [0.4, 0.5) is 0 Å². The van der Waals surface area contributed by atoms with Gasteiger partial charge in [-0.05, 0) is 24.3 Å². The molecule has 0 bridgehead atoms. The monoisotopic (exact) mass is 420 g/mol. The van der Waals surface area contributed by atoms with Gasteiger partial charge in [-0.1, -0.05) is 0 Å². The van der Waals surface area contributed by atoms with Crippen LogP contribution in [0, 0.1) is 0 Å². The summed E-state index contributed by atoms with van der Waals surface area (Å²) in [6, 6.07) is 6.87. The molecule has 0 unspecified atom stereocenters. The van der Waals surface area contributed by atoms with Gasteiger partial charge in [-0.3, -0.25) is 9.59 Å². The van der Waals surface area contributed by atoms with Gasteiger partial charge >= 0.3 is 0 Å². The van der Waals surface area contributed by atoms with E-state index >= 15 is 0 Å². The highest BCUT2D eigenvalue weighted by Crippen LogP contribution is 2.04. The average Bonchev–Trinajstić information content (AvgIpc) is 2.81. The van der Waals surface area contributed by atoms with Crippen molar-refractivity contribution in [3.63, 3.8) is 0 Å². The van der Waals surface area contributed by atoms with Crippen molar-refractivity contribution >= 4 is 11.8 Å². The number of benzene rings is 1.